The first-order chi connectivity index (χ1) is 29.5. The van der Waals surface area contributed by atoms with Crippen molar-refractivity contribution in [2.75, 3.05) is 11.5 Å². The summed E-state index contributed by atoms with van der Waals surface area (Å²) in [5, 5.41) is 0. The van der Waals surface area contributed by atoms with Gasteiger partial charge in [0.15, 0.2) is 0 Å². The van der Waals surface area contributed by atoms with Crippen molar-refractivity contribution < 1.29 is 0 Å². The lowest BCUT2D eigenvalue weighted by Gasteiger charge is -2.10. The van der Waals surface area contributed by atoms with Crippen LogP contribution in [0.15, 0.2) is 84.9 Å². The van der Waals surface area contributed by atoms with Gasteiger partial charge in [-0.05, 0) is 121 Å². The summed E-state index contributed by atoms with van der Waals surface area (Å²) < 4.78 is 0. The molecule has 2 heteroatoms. The van der Waals surface area contributed by atoms with Crippen molar-refractivity contribution in [2.45, 2.75) is 219 Å². The van der Waals surface area contributed by atoms with Crippen LogP contribution >= 0.6 is 0 Å². The van der Waals surface area contributed by atoms with Gasteiger partial charge < -0.3 is 11.5 Å². The van der Waals surface area contributed by atoms with Crippen molar-refractivity contribution in [3.8, 4) is 0 Å². The van der Waals surface area contributed by atoms with Crippen molar-refractivity contribution in [3.63, 3.8) is 0 Å². The first kappa shape index (κ1) is 49.1. The number of hydrogen-bond donors (Lipinski definition) is 2. The molecule has 0 aliphatic rings. The minimum atomic E-state index is 0.961. The molecule has 0 spiro atoms. The number of benzene rings is 4. The van der Waals surface area contributed by atoms with Gasteiger partial charge >= 0.3 is 0 Å². The SMILES string of the molecule is CCCCCCCCc1cc(Cc2ccc(CCCCCCCCCCCCCCCCc3ccc(Cc4ccc(N)c(CCCCCCCC)c4)cc3)cc2)ccc1N. The Morgan fingerprint density at radius 1 is 0.267 bits per heavy atom. The summed E-state index contributed by atoms with van der Waals surface area (Å²) in [6, 6.07) is 32.2. The molecule has 60 heavy (non-hydrogen) atoms. The monoisotopic (exact) mass is 813 g/mol. The van der Waals surface area contributed by atoms with Gasteiger partial charge in [0.25, 0.3) is 0 Å². The van der Waals surface area contributed by atoms with Gasteiger partial charge in [-0.3, -0.25) is 0 Å². The van der Waals surface area contributed by atoms with Crippen molar-refractivity contribution in [1.29, 1.82) is 0 Å². The Morgan fingerprint density at radius 3 is 0.833 bits per heavy atom. The number of rotatable bonds is 35. The molecule has 4 N–H and O–H groups in total. The Labute approximate surface area is 370 Å². The molecule has 4 rings (SSSR count). The highest BCUT2D eigenvalue weighted by molar-refractivity contribution is 5.50. The van der Waals surface area contributed by atoms with Crippen LogP contribution < -0.4 is 11.5 Å². The van der Waals surface area contributed by atoms with E-state index in [1.807, 2.05) is 0 Å². The van der Waals surface area contributed by atoms with Gasteiger partial charge in [-0.1, -0.05) is 228 Å². The molecule has 4 aromatic carbocycles. The highest BCUT2D eigenvalue weighted by Gasteiger charge is 2.06. The van der Waals surface area contributed by atoms with Gasteiger partial charge in [0.1, 0.15) is 0 Å². The van der Waals surface area contributed by atoms with Gasteiger partial charge in [-0.2, -0.15) is 0 Å². The van der Waals surface area contributed by atoms with Crippen LogP contribution in [0.1, 0.15) is 225 Å². The summed E-state index contributed by atoms with van der Waals surface area (Å²) in [4.78, 5) is 0. The second kappa shape index (κ2) is 31.3. The van der Waals surface area contributed by atoms with Gasteiger partial charge in [-0.25, -0.2) is 0 Å². The summed E-state index contributed by atoms with van der Waals surface area (Å²) >= 11 is 0. The average molecular weight is 813 g/mol. The Bertz CT molecular complexity index is 1530. The van der Waals surface area contributed by atoms with E-state index in [1.54, 1.807) is 0 Å². The minimum Gasteiger partial charge on any atom is -0.399 e. The first-order valence-electron chi connectivity index (χ1n) is 25.4. The maximum atomic E-state index is 6.34. The van der Waals surface area contributed by atoms with E-state index in [0.717, 1.165) is 37.1 Å². The Balaban J connectivity index is 0.934. The Kier molecular flexibility index (Phi) is 25.7. The van der Waals surface area contributed by atoms with E-state index in [4.69, 9.17) is 11.5 Å². The zero-order valence-electron chi connectivity index (χ0n) is 38.9. The summed E-state index contributed by atoms with van der Waals surface area (Å²) in [5.41, 5.74) is 25.8. The Morgan fingerprint density at radius 2 is 0.517 bits per heavy atom. The molecule has 2 nitrogen and oxygen atoms in total. The molecular weight excluding hydrogens is 725 g/mol. The highest BCUT2D eigenvalue weighted by Crippen LogP contribution is 2.23. The topological polar surface area (TPSA) is 52.0 Å². The van der Waals surface area contributed by atoms with E-state index in [-0.39, 0.29) is 0 Å². The van der Waals surface area contributed by atoms with Crippen LogP contribution in [0.25, 0.3) is 0 Å². The van der Waals surface area contributed by atoms with Crippen molar-refractivity contribution in [2.24, 2.45) is 0 Å². The number of anilines is 2. The van der Waals surface area contributed by atoms with Crippen molar-refractivity contribution >= 4 is 11.4 Å². The fourth-order valence-corrected chi connectivity index (χ4v) is 9.06. The molecule has 4 aromatic rings. The van der Waals surface area contributed by atoms with E-state index in [1.165, 1.54) is 224 Å². The second-order valence-electron chi connectivity index (χ2n) is 18.5. The molecule has 0 aliphatic heterocycles. The first-order valence-corrected chi connectivity index (χ1v) is 25.4. The molecule has 0 bridgehead atoms. The molecule has 0 atom stereocenters. The van der Waals surface area contributed by atoms with E-state index < -0.39 is 0 Å². The summed E-state index contributed by atoms with van der Waals surface area (Å²) in [7, 11) is 0. The summed E-state index contributed by atoms with van der Waals surface area (Å²) in [6.45, 7) is 4.56. The largest absolute Gasteiger partial charge is 0.399 e. The number of nitrogen functional groups attached to an aromatic ring is 2. The van der Waals surface area contributed by atoms with Crippen LogP contribution in [0, 0.1) is 0 Å². The lowest BCUT2D eigenvalue weighted by molar-refractivity contribution is 0.533. The molecule has 0 amide bonds. The molecule has 0 unspecified atom stereocenters. The normalized spacial score (nSPS) is 11.4. The van der Waals surface area contributed by atoms with Gasteiger partial charge in [-0.15, -0.1) is 0 Å². The van der Waals surface area contributed by atoms with Gasteiger partial charge in [0.2, 0.25) is 0 Å². The number of hydrogen-bond acceptors (Lipinski definition) is 2. The molecule has 0 fully saturated rings. The van der Waals surface area contributed by atoms with Gasteiger partial charge in [0, 0.05) is 11.4 Å². The van der Waals surface area contributed by atoms with Crippen LogP contribution in [-0.2, 0) is 38.5 Å². The Hall–Kier alpha value is -3.52. The van der Waals surface area contributed by atoms with Gasteiger partial charge in [0.05, 0.1) is 0 Å². The summed E-state index contributed by atoms with van der Waals surface area (Å²) in [5.74, 6) is 0. The van der Waals surface area contributed by atoms with Crippen LogP contribution in [0.4, 0.5) is 11.4 Å². The number of unbranched alkanes of at least 4 members (excludes halogenated alkanes) is 23. The molecule has 0 aromatic heterocycles. The third-order valence-electron chi connectivity index (χ3n) is 13.1. The number of nitrogens with two attached hydrogens (primary N) is 2. The van der Waals surface area contributed by atoms with E-state index in [0.29, 0.717) is 0 Å². The van der Waals surface area contributed by atoms with Crippen LogP contribution in [0.5, 0.6) is 0 Å². The van der Waals surface area contributed by atoms with Crippen molar-refractivity contribution in [3.05, 3.63) is 129 Å². The highest BCUT2D eigenvalue weighted by atomic mass is 14.6. The predicted molar refractivity (Wildman–Crippen MR) is 266 cm³/mol. The zero-order chi connectivity index (χ0) is 42.3. The molecule has 0 aliphatic carbocycles. The van der Waals surface area contributed by atoms with E-state index >= 15 is 0 Å². The van der Waals surface area contributed by atoms with Crippen LogP contribution in [-0.4, -0.2) is 0 Å². The average Bonchev–Trinajstić information content (AvgIpc) is 3.26. The third kappa shape index (κ3) is 21.3. The predicted octanol–water partition coefficient (Wildman–Crippen LogP) is 17.1. The lowest BCUT2D eigenvalue weighted by atomic mass is 9.97. The fraction of sp³-hybridized carbons (Fsp3) is 0.586. The molecule has 0 heterocycles. The van der Waals surface area contributed by atoms with Crippen LogP contribution in [0.3, 0.4) is 0 Å². The maximum Gasteiger partial charge on any atom is 0.0346 e. The van der Waals surface area contributed by atoms with Crippen molar-refractivity contribution in [1.82, 2.24) is 0 Å². The summed E-state index contributed by atoms with van der Waals surface area (Å²) in [6.07, 6.45) is 42.1. The molecule has 0 radical (unpaired) electrons. The zero-order valence-corrected chi connectivity index (χ0v) is 38.9. The molecular formula is C58H88N2. The molecule has 0 saturated heterocycles. The smallest absolute Gasteiger partial charge is 0.0346 e. The molecule has 330 valence electrons. The fourth-order valence-electron chi connectivity index (χ4n) is 9.06. The standard InChI is InChI=1S/C58H88N2/c1-3-5-7-9-23-27-31-55-47-53(41-43-57(55)59)45-51-37-33-49(34-38-51)29-25-21-19-17-15-13-11-12-14-16-18-20-22-26-30-50-35-39-52(40-36-50)46-54-42-44-58(60)56(48-54)32-28-24-10-8-6-4-2/h33-44,47-48H,3-32,45-46,59-60H2,1-2H3. The van der Waals surface area contributed by atoms with Crippen LogP contribution in [0.2, 0.25) is 0 Å². The van der Waals surface area contributed by atoms with E-state index in [2.05, 4.69) is 98.8 Å². The second-order valence-corrected chi connectivity index (χ2v) is 18.5. The molecule has 0 saturated carbocycles. The maximum absolute atomic E-state index is 6.34. The third-order valence-corrected chi connectivity index (χ3v) is 13.1. The number of aryl methyl sites for hydroxylation is 4. The quantitative estimate of drug-likeness (QED) is 0.0359. The minimum absolute atomic E-state index is 0.961. The lowest BCUT2D eigenvalue weighted by Crippen LogP contribution is -1.98. The van der Waals surface area contributed by atoms with E-state index in [9.17, 15) is 0 Å².